The Kier molecular flexibility index (Phi) is 6.14. The number of ether oxygens (including phenoxy) is 2. The molecule has 3 rings (SSSR count). The molecular weight excluding hydrogens is 376 g/mol. The number of aromatic nitrogens is 2. The number of fused-ring (bicyclic) bond motifs is 1. The van der Waals surface area contributed by atoms with Gasteiger partial charge in [-0.2, -0.15) is 0 Å². The fourth-order valence-electron chi connectivity index (χ4n) is 2.97. The third-order valence-corrected chi connectivity index (χ3v) is 5.36. The van der Waals surface area contributed by atoms with Gasteiger partial charge in [-0.1, -0.05) is 32.9 Å². The van der Waals surface area contributed by atoms with Crippen molar-refractivity contribution in [2.45, 2.75) is 33.2 Å². The highest BCUT2D eigenvalue weighted by molar-refractivity contribution is 7.17. The molecule has 0 spiro atoms. The molecule has 1 atom stereocenters. The summed E-state index contributed by atoms with van der Waals surface area (Å²) in [6.45, 7) is 6.13. The van der Waals surface area contributed by atoms with Gasteiger partial charge >= 0.3 is 5.97 Å². The van der Waals surface area contributed by atoms with Gasteiger partial charge in [-0.05, 0) is 30.0 Å². The largest absolute Gasteiger partial charge is 0.497 e. The van der Waals surface area contributed by atoms with Crippen molar-refractivity contribution in [3.63, 3.8) is 0 Å². The molecule has 3 aromatic rings. The van der Waals surface area contributed by atoms with Crippen molar-refractivity contribution in [2.75, 3.05) is 13.7 Å². The maximum atomic E-state index is 13.2. The highest BCUT2D eigenvalue weighted by Gasteiger charge is 2.24. The van der Waals surface area contributed by atoms with Gasteiger partial charge < -0.3 is 9.47 Å². The zero-order valence-electron chi connectivity index (χ0n) is 16.5. The Morgan fingerprint density at radius 1 is 1.25 bits per heavy atom. The van der Waals surface area contributed by atoms with Crippen LogP contribution in [0.5, 0.6) is 5.75 Å². The van der Waals surface area contributed by atoms with Crippen LogP contribution in [0.15, 0.2) is 40.8 Å². The Hall–Kier alpha value is -2.67. The first-order chi connectivity index (χ1) is 13.5. The van der Waals surface area contributed by atoms with Crippen LogP contribution >= 0.6 is 11.3 Å². The van der Waals surface area contributed by atoms with E-state index in [0.29, 0.717) is 23.2 Å². The van der Waals surface area contributed by atoms with Crippen LogP contribution in [0, 0.1) is 5.92 Å². The maximum Gasteiger partial charge on any atom is 0.329 e. The zero-order chi connectivity index (χ0) is 20.3. The predicted octanol–water partition coefficient (Wildman–Crippen LogP) is 4.28. The molecule has 0 aliphatic carbocycles. The van der Waals surface area contributed by atoms with E-state index in [0.717, 1.165) is 16.9 Å². The maximum absolute atomic E-state index is 13.2. The molecule has 28 heavy (non-hydrogen) atoms. The summed E-state index contributed by atoms with van der Waals surface area (Å²) in [5, 5.41) is 2.44. The van der Waals surface area contributed by atoms with Crippen molar-refractivity contribution in [1.82, 2.24) is 9.55 Å². The second kappa shape index (κ2) is 8.56. The van der Waals surface area contributed by atoms with Crippen LogP contribution in [0.4, 0.5) is 0 Å². The van der Waals surface area contributed by atoms with E-state index in [9.17, 15) is 9.59 Å². The number of esters is 1. The highest BCUT2D eigenvalue weighted by atomic mass is 32.1. The quantitative estimate of drug-likeness (QED) is 0.554. The first-order valence-corrected chi connectivity index (χ1v) is 10.1. The second-order valence-electron chi connectivity index (χ2n) is 6.96. The molecule has 0 aliphatic rings. The van der Waals surface area contributed by atoms with Gasteiger partial charge in [-0.3, -0.25) is 9.36 Å². The van der Waals surface area contributed by atoms with Crippen LogP contribution in [0.25, 0.3) is 21.3 Å². The molecule has 0 radical (unpaired) electrons. The molecule has 0 bridgehead atoms. The molecule has 148 valence electrons. The summed E-state index contributed by atoms with van der Waals surface area (Å²) in [4.78, 5) is 30.8. The summed E-state index contributed by atoms with van der Waals surface area (Å²) in [6.07, 6.45) is 1.90. The molecule has 0 saturated heterocycles. The molecule has 0 fully saturated rings. The number of carbonyl (C=O) groups is 1. The fourth-order valence-corrected chi connectivity index (χ4v) is 3.88. The molecule has 1 unspecified atom stereocenters. The predicted molar refractivity (Wildman–Crippen MR) is 111 cm³/mol. The lowest BCUT2D eigenvalue weighted by molar-refractivity contribution is -0.149. The third-order valence-electron chi connectivity index (χ3n) is 4.47. The molecule has 2 heterocycles. The summed E-state index contributed by atoms with van der Waals surface area (Å²) in [7, 11) is 1.61. The first-order valence-electron chi connectivity index (χ1n) is 9.25. The van der Waals surface area contributed by atoms with E-state index in [-0.39, 0.29) is 11.5 Å². The molecule has 7 heteroatoms. The summed E-state index contributed by atoms with van der Waals surface area (Å²) in [6, 6.07) is 6.83. The molecule has 0 saturated carbocycles. The van der Waals surface area contributed by atoms with E-state index in [4.69, 9.17) is 9.47 Å². The number of hydrogen-bond donors (Lipinski definition) is 0. The minimum absolute atomic E-state index is 0.231. The van der Waals surface area contributed by atoms with Gasteiger partial charge in [0, 0.05) is 10.9 Å². The van der Waals surface area contributed by atoms with Gasteiger partial charge in [0.05, 0.1) is 25.4 Å². The van der Waals surface area contributed by atoms with Crippen LogP contribution in [0.1, 0.15) is 33.2 Å². The first kappa shape index (κ1) is 20.1. The van der Waals surface area contributed by atoms with E-state index >= 15 is 0 Å². The van der Waals surface area contributed by atoms with Crippen molar-refractivity contribution >= 4 is 27.5 Å². The van der Waals surface area contributed by atoms with Gasteiger partial charge in [0.2, 0.25) is 0 Å². The van der Waals surface area contributed by atoms with Crippen LogP contribution < -0.4 is 10.3 Å². The van der Waals surface area contributed by atoms with Crippen LogP contribution in [0.2, 0.25) is 0 Å². The van der Waals surface area contributed by atoms with Gasteiger partial charge in [0.15, 0.2) is 0 Å². The van der Waals surface area contributed by atoms with Crippen molar-refractivity contribution < 1.29 is 14.3 Å². The molecule has 6 nitrogen and oxygen atoms in total. The summed E-state index contributed by atoms with van der Waals surface area (Å²) in [5.74, 6) is 0.579. The second-order valence-corrected chi connectivity index (χ2v) is 7.82. The number of carbonyl (C=O) groups excluding carboxylic acids is 1. The Bertz CT molecular complexity index is 1020. The van der Waals surface area contributed by atoms with Crippen molar-refractivity contribution in [1.29, 1.82) is 0 Å². The van der Waals surface area contributed by atoms with Gasteiger partial charge in [-0.15, -0.1) is 11.3 Å². The van der Waals surface area contributed by atoms with Gasteiger partial charge in [0.1, 0.15) is 16.6 Å². The lowest BCUT2D eigenvalue weighted by atomic mass is 10.1. The SMILES string of the molecule is CCC(C(=O)OCC(C)C)n1cnc2scc(-c3ccc(OC)cc3)c2c1=O. The van der Waals surface area contributed by atoms with Crippen molar-refractivity contribution in [3.05, 3.63) is 46.3 Å². The monoisotopic (exact) mass is 400 g/mol. The summed E-state index contributed by atoms with van der Waals surface area (Å²) >= 11 is 1.41. The smallest absolute Gasteiger partial charge is 0.329 e. The Balaban J connectivity index is 2.04. The molecule has 0 amide bonds. The number of thiophene rings is 1. The zero-order valence-corrected chi connectivity index (χ0v) is 17.3. The van der Waals surface area contributed by atoms with Crippen LogP contribution in [-0.2, 0) is 9.53 Å². The fraction of sp³-hybridized carbons (Fsp3) is 0.381. The molecule has 2 aromatic heterocycles. The lowest BCUT2D eigenvalue weighted by Crippen LogP contribution is -2.31. The van der Waals surface area contributed by atoms with E-state index in [1.165, 1.54) is 22.2 Å². The topological polar surface area (TPSA) is 70.4 Å². The standard InChI is InChI=1S/C21H24N2O4S/c1-5-17(21(25)27-10-13(2)3)23-12-22-19-18(20(23)24)16(11-28-19)14-6-8-15(26-4)9-7-14/h6-9,11-13,17H,5,10H2,1-4H3. The Morgan fingerprint density at radius 2 is 1.96 bits per heavy atom. The van der Waals surface area contributed by atoms with Gasteiger partial charge in [0.25, 0.3) is 5.56 Å². The Morgan fingerprint density at radius 3 is 2.57 bits per heavy atom. The number of nitrogens with zero attached hydrogens (tertiary/aromatic N) is 2. The van der Waals surface area contributed by atoms with Crippen LogP contribution in [-0.4, -0.2) is 29.2 Å². The number of rotatable bonds is 7. The summed E-state index contributed by atoms with van der Waals surface area (Å²) < 4.78 is 12.0. The number of hydrogen-bond acceptors (Lipinski definition) is 6. The lowest BCUT2D eigenvalue weighted by Gasteiger charge is -2.17. The highest BCUT2D eigenvalue weighted by Crippen LogP contribution is 2.32. The van der Waals surface area contributed by atoms with E-state index < -0.39 is 12.0 Å². The number of methoxy groups -OCH3 is 1. The molecule has 1 aromatic carbocycles. The van der Waals surface area contributed by atoms with Crippen LogP contribution in [0.3, 0.4) is 0 Å². The van der Waals surface area contributed by atoms with E-state index in [2.05, 4.69) is 4.98 Å². The van der Waals surface area contributed by atoms with Crippen molar-refractivity contribution in [2.24, 2.45) is 5.92 Å². The van der Waals surface area contributed by atoms with E-state index in [1.807, 2.05) is 50.4 Å². The normalized spacial score (nSPS) is 12.3. The average Bonchev–Trinajstić information content (AvgIpc) is 3.13. The van der Waals surface area contributed by atoms with E-state index in [1.54, 1.807) is 7.11 Å². The summed E-state index contributed by atoms with van der Waals surface area (Å²) in [5.41, 5.74) is 1.48. The minimum Gasteiger partial charge on any atom is -0.497 e. The third kappa shape index (κ3) is 3.94. The molecule has 0 N–H and O–H groups in total. The molecular formula is C21H24N2O4S. The van der Waals surface area contributed by atoms with Crippen molar-refractivity contribution in [3.8, 4) is 16.9 Å². The minimum atomic E-state index is -0.688. The Labute approximate surface area is 167 Å². The number of benzene rings is 1. The average molecular weight is 401 g/mol. The van der Waals surface area contributed by atoms with Gasteiger partial charge in [-0.25, -0.2) is 9.78 Å². The molecule has 0 aliphatic heterocycles.